The van der Waals surface area contributed by atoms with E-state index in [1.165, 1.54) is 0 Å². The summed E-state index contributed by atoms with van der Waals surface area (Å²) in [7, 11) is 0. The van der Waals surface area contributed by atoms with Crippen LogP contribution in [0.3, 0.4) is 0 Å². The highest BCUT2D eigenvalue weighted by molar-refractivity contribution is 5.92. The average molecular weight is 544 g/mol. The summed E-state index contributed by atoms with van der Waals surface area (Å²) in [4.78, 5) is 38.3. The van der Waals surface area contributed by atoms with Crippen LogP contribution in [0.15, 0.2) is 35.5 Å². The maximum atomic E-state index is 13.2. The van der Waals surface area contributed by atoms with Crippen molar-refractivity contribution in [2.75, 3.05) is 36.4 Å². The molecular weight excluding hydrogens is 522 g/mol. The number of carbonyl (C=O) groups excluding carboxylic acids is 1. The molecule has 3 aromatic rings. The van der Waals surface area contributed by atoms with E-state index in [2.05, 4.69) is 25.4 Å². The van der Waals surface area contributed by atoms with Gasteiger partial charge in [0.1, 0.15) is 11.3 Å². The van der Waals surface area contributed by atoms with Gasteiger partial charge in [-0.3, -0.25) is 9.59 Å². The summed E-state index contributed by atoms with van der Waals surface area (Å²) in [5, 5.41) is 7.84. The first-order valence-electron chi connectivity index (χ1n) is 11.4. The van der Waals surface area contributed by atoms with Crippen molar-refractivity contribution in [3.63, 3.8) is 0 Å². The van der Waals surface area contributed by atoms with E-state index in [4.69, 9.17) is 0 Å². The molecule has 4 rings (SSSR count). The van der Waals surface area contributed by atoms with Crippen LogP contribution in [0.2, 0.25) is 0 Å². The number of rotatable bonds is 6. The normalized spacial score (nSPS) is 15.4. The van der Waals surface area contributed by atoms with Crippen molar-refractivity contribution in [3.05, 3.63) is 63.6 Å². The zero-order valence-electron chi connectivity index (χ0n) is 19.8. The van der Waals surface area contributed by atoms with E-state index in [1.54, 1.807) is 34.0 Å². The summed E-state index contributed by atoms with van der Waals surface area (Å²) in [6.07, 6.45) is -6.86. The maximum absolute atomic E-state index is 13.2. The Hall–Kier alpha value is -4.11. The van der Waals surface area contributed by atoms with E-state index >= 15 is 0 Å². The Morgan fingerprint density at radius 3 is 2.29 bits per heavy atom. The second kappa shape index (κ2) is 10.3. The lowest BCUT2D eigenvalue weighted by Crippen LogP contribution is -2.49. The van der Waals surface area contributed by atoms with Gasteiger partial charge in [-0.25, -0.2) is 15.1 Å². The fraction of sp³-hybridized carbons (Fsp3) is 0.409. The molecule has 1 unspecified atom stereocenters. The SMILES string of the molecule is CC(Cc1ccc(C(=O)N2CCN(c3ncc(C(F)(F)F)cn3)CC2)[nH]1)Nc1cn[nH]c(=O)c1C(F)(F)F. The van der Waals surface area contributed by atoms with Gasteiger partial charge in [-0.2, -0.15) is 31.4 Å². The Labute approximate surface area is 211 Å². The fourth-order valence-corrected chi connectivity index (χ4v) is 4.03. The number of aromatic amines is 2. The van der Waals surface area contributed by atoms with E-state index in [-0.39, 0.29) is 37.1 Å². The number of carbonyl (C=O) groups is 1. The van der Waals surface area contributed by atoms with E-state index in [1.807, 2.05) is 0 Å². The molecule has 0 spiro atoms. The van der Waals surface area contributed by atoms with E-state index in [0.717, 1.165) is 6.20 Å². The van der Waals surface area contributed by atoms with Crippen LogP contribution >= 0.6 is 0 Å². The molecule has 3 aromatic heterocycles. The molecule has 16 heteroatoms. The predicted octanol–water partition coefficient (Wildman–Crippen LogP) is 2.93. The smallest absolute Gasteiger partial charge is 0.380 e. The average Bonchev–Trinajstić information content (AvgIpc) is 3.30. The van der Waals surface area contributed by atoms with Crippen molar-refractivity contribution in [2.24, 2.45) is 0 Å². The maximum Gasteiger partial charge on any atom is 0.423 e. The number of nitrogens with zero attached hydrogens (tertiary/aromatic N) is 5. The highest BCUT2D eigenvalue weighted by Gasteiger charge is 2.37. The third-order valence-corrected chi connectivity index (χ3v) is 5.86. The number of H-pyrrole nitrogens is 2. The van der Waals surface area contributed by atoms with Crippen LogP contribution in [-0.4, -0.2) is 68.2 Å². The lowest BCUT2D eigenvalue weighted by atomic mass is 10.1. The van der Waals surface area contributed by atoms with Crippen molar-refractivity contribution in [1.82, 2.24) is 30.0 Å². The number of piperazine rings is 1. The van der Waals surface area contributed by atoms with Crippen molar-refractivity contribution in [2.45, 2.75) is 31.7 Å². The van der Waals surface area contributed by atoms with Crippen LogP contribution < -0.4 is 15.8 Å². The van der Waals surface area contributed by atoms with E-state index < -0.39 is 40.8 Å². The summed E-state index contributed by atoms with van der Waals surface area (Å²) in [6.45, 7) is 2.82. The quantitative estimate of drug-likeness (QED) is 0.408. The Morgan fingerprint density at radius 1 is 1.03 bits per heavy atom. The topological polar surface area (TPSA) is 123 Å². The number of hydrogen-bond donors (Lipinski definition) is 3. The van der Waals surface area contributed by atoms with Crippen LogP contribution in [0.4, 0.5) is 38.0 Å². The van der Waals surface area contributed by atoms with Crippen molar-refractivity contribution < 1.29 is 31.1 Å². The van der Waals surface area contributed by atoms with Crippen LogP contribution in [0.5, 0.6) is 0 Å². The molecule has 4 heterocycles. The van der Waals surface area contributed by atoms with Gasteiger partial charge in [0.25, 0.3) is 11.5 Å². The van der Waals surface area contributed by atoms with Gasteiger partial charge in [0.15, 0.2) is 0 Å². The number of halogens is 6. The number of anilines is 2. The fourth-order valence-electron chi connectivity index (χ4n) is 4.03. The summed E-state index contributed by atoms with van der Waals surface area (Å²) in [5.74, 6) is -0.166. The van der Waals surface area contributed by atoms with Gasteiger partial charge in [0, 0.05) is 56.7 Å². The Balaban J connectivity index is 1.33. The van der Waals surface area contributed by atoms with Crippen molar-refractivity contribution in [3.8, 4) is 0 Å². The molecule has 0 radical (unpaired) electrons. The first kappa shape index (κ1) is 26.9. The second-order valence-electron chi connectivity index (χ2n) is 8.68. The second-order valence-corrected chi connectivity index (χ2v) is 8.68. The molecule has 3 N–H and O–H groups in total. The van der Waals surface area contributed by atoms with Crippen LogP contribution in [0.25, 0.3) is 0 Å². The number of hydrogen-bond acceptors (Lipinski definition) is 7. The zero-order chi connectivity index (χ0) is 27.7. The summed E-state index contributed by atoms with van der Waals surface area (Å²) >= 11 is 0. The van der Waals surface area contributed by atoms with Crippen LogP contribution in [-0.2, 0) is 18.8 Å². The molecule has 0 aliphatic carbocycles. The molecule has 1 fully saturated rings. The minimum absolute atomic E-state index is 0.137. The molecule has 1 saturated heterocycles. The standard InChI is InChI=1S/C22H22F6N8O2/c1-12(32-16-11-31-34-18(37)17(16)22(26,27)28)8-14-2-3-15(33-14)19(38)35-4-6-36(7-5-35)20-29-9-13(10-30-20)21(23,24)25/h2-3,9-12,33H,4-8H2,1H3,(H2,32,34,37). The van der Waals surface area contributed by atoms with Gasteiger partial charge in [0.05, 0.1) is 17.4 Å². The molecular formula is C22H22F6N8O2. The Kier molecular flexibility index (Phi) is 7.33. The summed E-state index contributed by atoms with van der Waals surface area (Å²) in [6, 6.07) is 2.65. The molecule has 0 aromatic carbocycles. The van der Waals surface area contributed by atoms with Crippen molar-refractivity contribution in [1.29, 1.82) is 0 Å². The molecule has 1 aliphatic rings. The number of alkyl halides is 6. The third kappa shape index (κ3) is 6.06. The lowest BCUT2D eigenvalue weighted by molar-refractivity contribution is -0.139. The van der Waals surface area contributed by atoms with E-state index in [9.17, 15) is 35.9 Å². The van der Waals surface area contributed by atoms with Crippen LogP contribution in [0, 0.1) is 0 Å². The summed E-state index contributed by atoms with van der Waals surface area (Å²) < 4.78 is 77.9. The highest BCUT2D eigenvalue weighted by atomic mass is 19.4. The van der Waals surface area contributed by atoms with Gasteiger partial charge < -0.3 is 20.1 Å². The first-order chi connectivity index (χ1) is 17.8. The van der Waals surface area contributed by atoms with Gasteiger partial charge in [0.2, 0.25) is 5.95 Å². The molecule has 38 heavy (non-hydrogen) atoms. The molecule has 0 bridgehead atoms. The number of aromatic nitrogens is 5. The zero-order valence-corrected chi connectivity index (χ0v) is 19.8. The van der Waals surface area contributed by atoms with E-state index in [0.29, 0.717) is 31.2 Å². The Morgan fingerprint density at radius 2 is 1.68 bits per heavy atom. The molecule has 10 nitrogen and oxygen atoms in total. The molecule has 1 aliphatic heterocycles. The van der Waals surface area contributed by atoms with Gasteiger partial charge in [-0.05, 0) is 19.1 Å². The third-order valence-electron chi connectivity index (χ3n) is 5.86. The number of amides is 1. The highest BCUT2D eigenvalue weighted by Crippen LogP contribution is 2.32. The van der Waals surface area contributed by atoms with Gasteiger partial charge in [-0.15, -0.1) is 0 Å². The van der Waals surface area contributed by atoms with Crippen molar-refractivity contribution >= 4 is 17.5 Å². The molecule has 0 saturated carbocycles. The monoisotopic (exact) mass is 544 g/mol. The minimum Gasteiger partial charge on any atom is -0.380 e. The Bertz CT molecular complexity index is 1330. The van der Waals surface area contributed by atoms with Gasteiger partial charge in [-0.1, -0.05) is 0 Å². The molecule has 1 atom stereocenters. The molecule has 1 amide bonds. The molecule has 204 valence electrons. The first-order valence-corrected chi connectivity index (χ1v) is 11.4. The predicted molar refractivity (Wildman–Crippen MR) is 123 cm³/mol. The summed E-state index contributed by atoms with van der Waals surface area (Å²) in [5.41, 5.74) is -3.27. The number of nitrogens with one attached hydrogen (secondary N) is 3. The van der Waals surface area contributed by atoms with Gasteiger partial charge >= 0.3 is 12.4 Å². The lowest BCUT2D eigenvalue weighted by Gasteiger charge is -2.34. The minimum atomic E-state index is -4.87. The van der Waals surface area contributed by atoms with Crippen LogP contribution in [0.1, 0.15) is 34.2 Å². The largest absolute Gasteiger partial charge is 0.423 e.